The van der Waals surface area contributed by atoms with Gasteiger partial charge in [-0.15, -0.1) is 24.0 Å². The van der Waals surface area contributed by atoms with Crippen molar-refractivity contribution in [2.75, 3.05) is 45.9 Å². The third-order valence-corrected chi connectivity index (χ3v) is 6.84. The minimum Gasteiger partial charge on any atom is -0.381 e. The van der Waals surface area contributed by atoms with E-state index in [1.807, 2.05) is 0 Å². The molecule has 5 nitrogen and oxygen atoms in total. The molecular weight excluding hydrogens is 487 g/mol. The van der Waals surface area contributed by atoms with Crippen LogP contribution in [0.15, 0.2) is 29.3 Å². The van der Waals surface area contributed by atoms with Crippen LogP contribution in [0.5, 0.6) is 0 Å². The summed E-state index contributed by atoms with van der Waals surface area (Å²) in [5.41, 5.74) is 3.07. The predicted molar refractivity (Wildman–Crippen MR) is 134 cm³/mol. The van der Waals surface area contributed by atoms with E-state index in [1.54, 1.807) is 0 Å². The number of likely N-dealkylation sites (tertiary alicyclic amines) is 2. The van der Waals surface area contributed by atoms with Crippen LogP contribution in [-0.4, -0.2) is 61.7 Å². The predicted octanol–water partition coefficient (Wildman–Crippen LogP) is 4.11. The Morgan fingerprint density at radius 3 is 2.70 bits per heavy atom. The number of nitrogens with one attached hydrogen (secondary N) is 1. The first-order valence-electron chi connectivity index (χ1n) is 11.6. The maximum Gasteiger partial charge on any atom is 0.194 e. The van der Waals surface area contributed by atoms with Crippen LogP contribution >= 0.6 is 24.0 Å². The van der Waals surface area contributed by atoms with Crippen molar-refractivity contribution in [3.8, 4) is 0 Å². The van der Waals surface area contributed by atoms with E-state index in [1.165, 1.54) is 49.9 Å². The Morgan fingerprint density at radius 1 is 1.20 bits per heavy atom. The summed E-state index contributed by atoms with van der Waals surface area (Å²) in [5, 5.41) is 3.50. The lowest BCUT2D eigenvalue weighted by Gasteiger charge is -2.30. The van der Waals surface area contributed by atoms with E-state index in [0.29, 0.717) is 5.41 Å². The molecular formula is C24H39IN4O. The lowest BCUT2D eigenvalue weighted by atomic mass is 9.87. The summed E-state index contributed by atoms with van der Waals surface area (Å²) in [6.07, 6.45) is 5.14. The Labute approximate surface area is 199 Å². The van der Waals surface area contributed by atoms with Gasteiger partial charge in [0.15, 0.2) is 5.96 Å². The van der Waals surface area contributed by atoms with E-state index >= 15 is 0 Å². The van der Waals surface area contributed by atoms with Crippen molar-refractivity contribution in [2.24, 2.45) is 16.3 Å². The van der Waals surface area contributed by atoms with Crippen LogP contribution in [-0.2, 0) is 17.8 Å². The Morgan fingerprint density at radius 2 is 2.00 bits per heavy atom. The summed E-state index contributed by atoms with van der Waals surface area (Å²) >= 11 is 0. The molecule has 30 heavy (non-hydrogen) atoms. The van der Waals surface area contributed by atoms with Crippen LogP contribution in [0.25, 0.3) is 0 Å². The third kappa shape index (κ3) is 6.10. The standard InChI is InChI=1S/C24H38N4O.HI/c1-3-25-23(28-13-10-24(18-28)11-14-29-19-24)26-15-21-6-8-22(9-7-21)17-27-12-4-5-20(2)16-27;/h6-9,20H,3-5,10-19H2,1-2H3,(H,25,26);1H. The number of aliphatic imine (C=N–C) groups is 1. The number of benzene rings is 1. The van der Waals surface area contributed by atoms with Crippen LogP contribution in [0.1, 0.15) is 50.7 Å². The van der Waals surface area contributed by atoms with Crippen molar-refractivity contribution < 1.29 is 4.74 Å². The zero-order valence-corrected chi connectivity index (χ0v) is 21.1. The highest BCUT2D eigenvalue weighted by Gasteiger charge is 2.42. The van der Waals surface area contributed by atoms with Gasteiger partial charge in [-0.3, -0.25) is 4.90 Å². The highest BCUT2D eigenvalue weighted by molar-refractivity contribution is 14.0. The summed E-state index contributed by atoms with van der Waals surface area (Å²) in [6, 6.07) is 9.09. The second-order valence-electron chi connectivity index (χ2n) is 9.44. The van der Waals surface area contributed by atoms with Gasteiger partial charge in [0.2, 0.25) is 0 Å². The fraction of sp³-hybridized carbons (Fsp3) is 0.708. The maximum atomic E-state index is 5.68. The van der Waals surface area contributed by atoms with Gasteiger partial charge in [0.1, 0.15) is 0 Å². The molecule has 2 unspecified atom stereocenters. The molecule has 3 fully saturated rings. The zero-order chi connectivity index (χ0) is 20.1. The normalized spacial score (nSPS) is 27.5. The number of piperidine rings is 1. The zero-order valence-electron chi connectivity index (χ0n) is 18.7. The molecule has 168 valence electrons. The molecule has 1 aromatic carbocycles. The highest BCUT2D eigenvalue weighted by Crippen LogP contribution is 2.38. The first kappa shape index (κ1) is 23.8. The largest absolute Gasteiger partial charge is 0.381 e. The van der Waals surface area contributed by atoms with Gasteiger partial charge in [-0.2, -0.15) is 0 Å². The molecule has 3 aliphatic heterocycles. The number of halogens is 1. The van der Waals surface area contributed by atoms with Gasteiger partial charge in [-0.1, -0.05) is 31.2 Å². The average Bonchev–Trinajstić information content (AvgIpc) is 3.36. The number of nitrogens with zero attached hydrogens (tertiary/aromatic N) is 3. The van der Waals surface area contributed by atoms with Crippen molar-refractivity contribution >= 4 is 29.9 Å². The second-order valence-corrected chi connectivity index (χ2v) is 9.44. The smallest absolute Gasteiger partial charge is 0.194 e. The molecule has 0 saturated carbocycles. The lowest BCUT2D eigenvalue weighted by molar-refractivity contribution is 0.156. The summed E-state index contributed by atoms with van der Waals surface area (Å²) in [6.45, 7) is 13.7. The van der Waals surface area contributed by atoms with Gasteiger partial charge >= 0.3 is 0 Å². The van der Waals surface area contributed by atoms with Gasteiger partial charge in [0.25, 0.3) is 0 Å². The molecule has 0 amide bonds. The maximum absolute atomic E-state index is 5.68. The number of guanidine groups is 1. The van der Waals surface area contributed by atoms with Gasteiger partial charge in [-0.05, 0) is 56.2 Å². The molecule has 4 rings (SSSR count). The molecule has 3 aliphatic rings. The molecule has 0 radical (unpaired) electrons. The van der Waals surface area contributed by atoms with Gasteiger partial charge < -0.3 is 15.0 Å². The molecule has 0 bridgehead atoms. The number of rotatable bonds is 5. The summed E-state index contributed by atoms with van der Waals surface area (Å²) in [4.78, 5) is 9.99. The van der Waals surface area contributed by atoms with E-state index in [2.05, 4.69) is 53.2 Å². The van der Waals surface area contributed by atoms with Crippen LogP contribution in [0.2, 0.25) is 0 Å². The Balaban J connectivity index is 0.00000256. The fourth-order valence-electron chi connectivity index (χ4n) is 5.12. The van der Waals surface area contributed by atoms with E-state index in [-0.39, 0.29) is 24.0 Å². The quantitative estimate of drug-likeness (QED) is 0.356. The molecule has 2 atom stereocenters. The molecule has 3 saturated heterocycles. The van der Waals surface area contributed by atoms with E-state index in [0.717, 1.165) is 57.8 Å². The van der Waals surface area contributed by atoms with Crippen molar-refractivity contribution in [2.45, 2.75) is 52.6 Å². The summed E-state index contributed by atoms with van der Waals surface area (Å²) < 4.78 is 5.68. The van der Waals surface area contributed by atoms with Crippen molar-refractivity contribution in [3.05, 3.63) is 35.4 Å². The van der Waals surface area contributed by atoms with E-state index < -0.39 is 0 Å². The Kier molecular flexibility index (Phi) is 8.83. The van der Waals surface area contributed by atoms with Crippen LogP contribution in [0.3, 0.4) is 0 Å². The Bertz CT molecular complexity index is 687. The molecule has 6 heteroatoms. The highest BCUT2D eigenvalue weighted by atomic mass is 127. The number of ether oxygens (including phenoxy) is 1. The minimum atomic E-state index is 0. The molecule has 1 spiro atoms. The molecule has 0 aliphatic carbocycles. The lowest BCUT2D eigenvalue weighted by Crippen LogP contribution is -2.41. The van der Waals surface area contributed by atoms with Crippen LogP contribution in [0.4, 0.5) is 0 Å². The molecule has 0 aromatic heterocycles. The van der Waals surface area contributed by atoms with Gasteiger partial charge in [0.05, 0.1) is 13.2 Å². The van der Waals surface area contributed by atoms with Crippen molar-refractivity contribution in [1.82, 2.24) is 15.1 Å². The van der Waals surface area contributed by atoms with Crippen molar-refractivity contribution in [3.63, 3.8) is 0 Å². The topological polar surface area (TPSA) is 40.1 Å². The van der Waals surface area contributed by atoms with Gasteiger partial charge in [-0.25, -0.2) is 4.99 Å². The summed E-state index contributed by atoms with van der Waals surface area (Å²) in [5.74, 6) is 1.89. The third-order valence-electron chi connectivity index (χ3n) is 6.84. The van der Waals surface area contributed by atoms with E-state index in [4.69, 9.17) is 9.73 Å². The Hall–Kier alpha value is -0.860. The first-order valence-corrected chi connectivity index (χ1v) is 11.6. The van der Waals surface area contributed by atoms with Crippen LogP contribution in [0, 0.1) is 11.3 Å². The van der Waals surface area contributed by atoms with Gasteiger partial charge in [0, 0.05) is 44.7 Å². The molecule has 1 aromatic rings. The van der Waals surface area contributed by atoms with Crippen LogP contribution < -0.4 is 5.32 Å². The van der Waals surface area contributed by atoms with E-state index in [9.17, 15) is 0 Å². The average molecular weight is 527 g/mol. The molecule has 1 N–H and O–H groups in total. The number of hydrogen-bond donors (Lipinski definition) is 1. The van der Waals surface area contributed by atoms with Crippen molar-refractivity contribution in [1.29, 1.82) is 0 Å². The monoisotopic (exact) mass is 526 g/mol. The fourth-order valence-corrected chi connectivity index (χ4v) is 5.12. The first-order chi connectivity index (χ1) is 14.2. The SMILES string of the molecule is CCNC(=NCc1ccc(CN2CCCC(C)C2)cc1)N1CCC2(CCOC2)C1.I. The minimum absolute atomic E-state index is 0. The number of hydrogen-bond acceptors (Lipinski definition) is 3. The summed E-state index contributed by atoms with van der Waals surface area (Å²) in [7, 11) is 0. The second kappa shape index (κ2) is 11.1. The molecule has 3 heterocycles.